The minimum Gasteiger partial charge on any atom is -0.452 e. The first-order valence-corrected chi connectivity index (χ1v) is 11.4. The summed E-state index contributed by atoms with van der Waals surface area (Å²) in [4.78, 5) is 24.4. The number of ether oxygens (including phenoxy) is 1. The first kappa shape index (κ1) is 22.3. The van der Waals surface area contributed by atoms with E-state index in [1.807, 2.05) is 0 Å². The summed E-state index contributed by atoms with van der Waals surface area (Å²) in [5.41, 5.74) is 1.16. The number of nitrogens with one attached hydrogen (secondary N) is 1. The van der Waals surface area contributed by atoms with E-state index in [1.54, 1.807) is 31.2 Å². The van der Waals surface area contributed by atoms with Gasteiger partial charge in [0.15, 0.2) is 6.61 Å². The molecule has 7 nitrogen and oxygen atoms in total. The van der Waals surface area contributed by atoms with E-state index in [2.05, 4.69) is 5.32 Å². The fraction of sp³-hybridized carbons (Fsp3) is 0.333. The van der Waals surface area contributed by atoms with Crippen molar-refractivity contribution in [3.8, 4) is 0 Å². The number of halogens is 1. The summed E-state index contributed by atoms with van der Waals surface area (Å²) in [7, 11) is -3.63. The summed E-state index contributed by atoms with van der Waals surface area (Å²) in [6, 6.07) is 10.9. The van der Waals surface area contributed by atoms with E-state index in [9.17, 15) is 18.0 Å². The highest BCUT2D eigenvalue weighted by molar-refractivity contribution is 7.89. The lowest BCUT2D eigenvalue weighted by molar-refractivity contribution is -0.119. The third-order valence-corrected chi connectivity index (χ3v) is 7.08. The lowest BCUT2D eigenvalue weighted by Crippen LogP contribution is -2.36. The average molecular weight is 451 g/mol. The number of benzene rings is 2. The maximum absolute atomic E-state index is 13.0. The van der Waals surface area contributed by atoms with Gasteiger partial charge in [-0.15, -0.1) is 0 Å². The van der Waals surface area contributed by atoms with Gasteiger partial charge in [0.25, 0.3) is 5.91 Å². The molecule has 30 heavy (non-hydrogen) atoms. The molecule has 2 aromatic rings. The molecular weight excluding hydrogens is 428 g/mol. The molecule has 1 amide bonds. The van der Waals surface area contributed by atoms with Crippen molar-refractivity contribution >= 4 is 39.2 Å². The van der Waals surface area contributed by atoms with Gasteiger partial charge in [0.2, 0.25) is 10.0 Å². The molecule has 0 spiro atoms. The largest absolute Gasteiger partial charge is 0.452 e. The second-order valence-electron chi connectivity index (χ2n) is 7.08. The summed E-state index contributed by atoms with van der Waals surface area (Å²) in [6.45, 7) is 2.21. The Morgan fingerprint density at radius 2 is 1.83 bits per heavy atom. The van der Waals surface area contributed by atoms with E-state index < -0.39 is 28.5 Å². The van der Waals surface area contributed by atoms with Crippen molar-refractivity contribution in [1.82, 2.24) is 4.31 Å². The Hall–Kier alpha value is -2.42. The number of sulfonamides is 1. The maximum Gasteiger partial charge on any atom is 0.338 e. The highest BCUT2D eigenvalue weighted by Gasteiger charge is 2.27. The first-order valence-electron chi connectivity index (χ1n) is 9.61. The zero-order valence-corrected chi connectivity index (χ0v) is 18.1. The summed E-state index contributed by atoms with van der Waals surface area (Å²) in [6.07, 6.45) is 2.70. The van der Waals surface area contributed by atoms with Crippen LogP contribution in [0.3, 0.4) is 0 Å². The van der Waals surface area contributed by atoms with Crippen LogP contribution in [0.25, 0.3) is 0 Å². The van der Waals surface area contributed by atoms with Crippen molar-refractivity contribution in [1.29, 1.82) is 0 Å². The first-order chi connectivity index (χ1) is 14.3. The Morgan fingerprint density at radius 3 is 2.53 bits per heavy atom. The van der Waals surface area contributed by atoms with E-state index in [4.69, 9.17) is 16.3 Å². The zero-order chi connectivity index (χ0) is 21.7. The molecular formula is C21H23ClN2O5S. The van der Waals surface area contributed by atoms with Gasteiger partial charge in [-0.2, -0.15) is 4.31 Å². The predicted molar refractivity (Wildman–Crippen MR) is 114 cm³/mol. The Balaban J connectivity index is 1.66. The highest BCUT2D eigenvalue weighted by atomic mass is 35.5. The van der Waals surface area contributed by atoms with Gasteiger partial charge < -0.3 is 10.1 Å². The van der Waals surface area contributed by atoms with Gasteiger partial charge in [0, 0.05) is 23.8 Å². The number of nitrogens with zero attached hydrogens (tertiary/aromatic N) is 1. The number of anilines is 1. The van der Waals surface area contributed by atoms with Crippen molar-refractivity contribution in [3.63, 3.8) is 0 Å². The molecule has 9 heteroatoms. The minimum atomic E-state index is -3.63. The third kappa shape index (κ3) is 5.38. The SMILES string of the molecule is Cc1ccc(NC(=O)COC(=O)c2cccc(Cl)c2)cc1S(=O)(=O)N1CCCCC1. The second kappa shape index (κ2) is 9.59. The normalized spacial score (nSPS) is 14.9. The van der Waals surface area contributed by atoms with E-state index in [0.29, 0.717) is 29.4 Å². The molecule has 0 bridgehead atoms. The summed E-state index contributed by atoms with van der Waals surface area (Å²) in [5, 5.41) is 2.96. The smallest absolute Gasteiger partial charge is 0.338 e. The van der Waals surface area contributed by atoms with Crippen molar-refractivity contribution in [3.05, 3.63) is 58.6 Å². The van der Waals surface area contributed by atoms with Gasteiger partial charge in [0.1, 0.15) is 0 Å². The molecule has 0 saturated carbocycles. The predicted octanol–water partition coefficient (Wildman–Crippen LogP) is 3.62. The van der Waals surface area contributed by atoms with Crippen LogP contribution in [0.15, 0.2) is 47.4 Å². The second-order valence-corrected chi connectivity index (χ2v) is 9.42. The van der Waals surface area contributed by atoms with Crippen LogP contribution in [0, 0.1) is 6.92 Å². The third-order valence-electron chi connectivity index (χ3n) is 4.80. The van der Waals surface area contributed by atoms with Crippen LogP contribution in [0.5, 0.6) is 0 Å². The van der Waals surface area contributed by atoms with Gasteiger partial charge in [-0.3, -0.25) is 4.79 Å². The fourth-order valence-corrected chi connectivity index (χ4v) is 5.19. The van der Waals surface area contributed by atoms with Crippen molar-refractivity contribution in [2.75, 3.05) is 25.0 Å². The molecule has 1 aliphatic heterocycles. The van der Waals surface area contributed by atoms with E-state index >= 15 is 0 Å². The summed E-state index contributed by atoms with van der Waals surface area (Å²) >= 11 is 5.84. The molecule has 0 radical (unpaired) electrons. The van der Waals surface area contributed by atoms with Gasteiger partial charge >= 0.3 is 5.97 Å². The molecule has 3 rings (SSSR count). The average Bonchev–Trinajstić information content (AvgIpc) is 2.74. The molecule has 160 valence electrons. The topological polar surface area (TPSA) is 92.8 Å². The van der Waals surface area contributed by atoms with E-state index in [1.165, 1.54) is 22.5 Å². The van der Waals surface area contributed by atoms with Crippen LogP contribution in [-0.2, 0) is 19.6 Å². The van der Waals surface area contributed by atoms with Gasteiger partial charge in [-0.25, -0.2) is 13.2 Å². The van der Waals surface area contributed by atoms with Crippen molar-refractivity contribution < 1.29 is 22.7 Å². The molecule has 1 saturated heterocycles. The zero-order valence-electron chi connectivity index (χ0n) is 16.6. The number of amides is 1. The number of hydrogen-bond acceptors (Lipinski definition) is 5. The van der Waals surface area contributed by atoms with Crippen LogP contribution in [-0.4, -0.2) is 44.3 Å². The van der Waals surface area contributed by atoms with Gasteiger partial charge in [-0.05, 0) is 55.7 Å². The molecule has 0 aliphatic carbocycles. The molecule has 0 unspecified atom stereocenters. The number of rotatable bonds is 6. The van der Waals surface area contributed by atoms with E-state index in [0.717, 1.165) is 19.3 Å². The van der Waals surface area contributed by atoms with Crippen LogP contribution in [0.4, 0.5) is 5.69 Å². The van der Waals surface area contributed by atoms with Crippen molar-refractivity contribution in [2.24, 2.45) is 0 Å². The Labute approximate surface area is 181 Å². The molecule has 1 fully saturated rings. The number of aryl methyl sites for hydroxylation is 1. The molecule has 1 N–H and O–H groups in total. The van der Waals surface area contributed by atoms with E-state index in [-0.39, 0.29) is 10.5 Å². The molecule has 1 aliphatic rings. The number of esters is 1. The van der Waals surface area contributed by atoms with Gasteiger partial charge in [0.05, 0.1) is 10.5 Å². The number of piperidine rings is 1. The van der Waals surface area contributed by atoms with Crippen molar-refractivity contribution in [2.45, 2.75) is 31.1 Å². The maximum atomic E-state index is 13.0. The minimum absolute atomic E-state index is 0.165. The van der Waals surface area contributed by atoms with Crippen LogP contribution in [0.1, 0.15) is 35.2 Å². The highest BCUT2D eigenvalue weighted by Crippen LogP contribution is 2.26. The molecule has 2 aromatic carbocycles. The monoisotopic (exact) mass is 450 g/mol. The lowest BCUT2D eigenvalue weighted by Gasteiger charge is -2.26. The number of carbonyl (C=O) groups excluding carboxylic acids is 2. The Bertz CT molecular complexity index is 1050. The fourth-order valence-electron chi connectivity index (χ4n) is 3.23. The summed E-state index contributed by atoms with van der Waals surface area (Å²) in [5.74, 6) is -1.25. The molecule has 0 aromatic heterocycles. The number of hydrogen-bond donors (Lipinski definition) is 1. The summed E-state index contributed by atoms with van der Waals surface area (Å²) < 4.78 is 32.4. The Morgan fingerprint density at radius 1 is 1.10 bits per heavy atom. The number of carbonyl (C=O) groups is 2. The molecule has 0 atom stereocenters. The quantitative estimate of drug-likeness (QED) is 0.678. The molecule has 1 heterocycles. The lowest BCUT2D eigenvalue weighted by atomic mass is 10.2. The van der Waals surface area contributed by atoms with Crippen LogP contribution in [0.2, 0.25) is 5.02 Å². The van der Waals surface area contributed by atoms with Crippen LogP contribution >= 0.6 is 11.6 Å². The standard InChI is InChI=1S/C21H23ClN2O5S/c1-15-8-9-18(13-19(15)30(27,28)24-10-3-2-4-11-24)23-20(25)14-29-21(26)16-6-5-7-17(22)12-16/h5-9,12-13H,2-4,10-11,14H2,1H3,(H,23,25). The Kier molecular flexibility index (Phi) is 7.12. The van der Waals surface area contributed by atoms with Gasteiger partial charge in [-0.1, -0.05) is 30.2 Å². The van der Waals surface area contributed by atoms with Crippen LogP contribution < -0.4 is 5.32 Å².